The maximum absolute atomic E-state index is 12.5. The number of rotatable bonds is 3. The summed E-state index contributed by atoms with van der Waals surface area (Å²) in [5.74, 6) is 0.623. The Bertz CT molecular complexity index is 771. The lowest BCUT2D eigenvalue weighted by atomic mass is 10.00. The van der Waals surface area contributed by atoms with Gasteiger partial charge in [-0.15, -0.1) is 0 Å². The zero-order chi connectivity index (χ0) is 14.8. The van der Waals surface area contributed by atoms with Crippen LogP contribution in [0.3, 0.4) is 0 Å². The molecule has 3 rings (SSSR count). The highest BCUT2D eigenvalue weighted by Gasteiger charge is 2.13. The number of furan rings is 1. The van der Waals surface area contributed by atoms with Crippen LogP contribution in [0.1, 0.15) is 21.5 Å². The van der Waals surface area contributed by atoms with E-state index in [0.29, 0.717) is 21.9 Å². The van der Waals surface area contributed by atoms with E-state index in [1.165, 1.54) is 0 Å². The Morgan fingerprint density at radius 1 is 1.00 bits per heavy atom. The molecule has 0 spiro atoms. The van der Waals surface area contributed by atoms with E-state index < -0.39 is 0 Å². The van der Waals surface area contributed by atoms with Gasteiger partial charge >= 0.3 is 0 Å². The van der Waals surface area contributed by atoms with Gasteiger partial charge < -0.3 is 4.42 Å². The van der Waals surface area contributed by atoms with E-state index in [-0.39, 0.29) is 5.78 Å². The minimum Gasteiger partial charge on any atom is -0.464 e. The van der Waals surface area contributed by atoms with Crippen molar-refractivity contribution in [1.29, 1.82) is 0 Å². The van der Waals surface area contributed by atoms with Crippen molar-refractivity contribution in [2.45, 2.75) is 6.92 Å². The molecule has 0 saturated heterocycles. The topological polar surface area (TPSA) is 30.2 Å². The Hall–Kier alpha value is -2.32. The summed E-state index contributed by atoms with van der Waals surface area (Å²) >= 11 is 6.19. The number of hydrogen-bond acceptors (Lipinski definition) is 2. The fourth-order valence-electron chi connectivity index (χ4n) is 2.16. The van der Waals surface area contributed by atoms with Crippen LogP contribution >= 0.6 is 11.6 Å². The molecule has 0 radical (unpaired) electrons. The smallest absolute Gasteiger partial charge is 0.193 e. The van der Waals surface area contributed by atoms with E-state index in [1.54, 1.807) is 30.5 Å². The SMILES string of the molecule is Cc1ccc(C(=O)c2ccc(Cl)c(-c3ccco3)c2)cc1. The van der Waals surface area contributed by atoms with Crippen LogP contribution in [0.25, 0.3) is 11.3 Å². The van der Waals surface area contributed by atoms with E-state index in [9.17, 15) is 4.79 Å². The van der Waals surface area contributed by atoms with Gasteiger partial charge in [-0.25, -0.2) is 0 Å². The van der Waals surface area contributed by atoms with Crippen LogP contribution in [-0.2, 0) is 0 Å². The highest BCUT2D eigenvalue weighted by atomic mass is 35.5. The number of aryl methyl sites for hydroxylation is 1. The van der Waals surface area contributed by atoms with Crippen molar-refractivity contribution in [2.75, 3.05) is 0 Å². The van der Waals surface area contributed by atoms with Crippen LogP contribution < -0.4 is 0 Å². The summed E-state index contributed by atoms with van der Waals surface area (Å²) in [6, 6.07) is 16.4. The lowest BCUT2D eigenvalue weighted by Gasteiger charge is -2.06. The molecule has 1 aromatic heterocycles. The van der Waals surface area contributed by atoms with E-state index in [1.807, 2.05) is 37.3 Å². The first-order valence-electron chi connectivity index (χ1n) is 6.60. The molecule has 0 amide bonds. The zero-order valence-corrected chi connectivity index (χ0v) is 12.2. The second-order valence-electron chi connectivity index (χ2n) is 4.87. The second kappa shape index (κ2) is 5.58. The van der Waals surface area contributed by atoms with Crippen molar-refractivity contribution in [2.24, 2.45) is 0 Å². The fourth-order valence-corrected chi connectivity index (χ4v) is 2.37. The molecule has 0 saturated carbocycles. The van der Waals surface area contributed by atoms with Gasteiger partial charge in [-0.1, -0.05) is 41.4 Å². The molecule has 0 unspecified atom stereocenters. The molecule has 1 heterocycles. The molecule has 3 heteroatoms. The summed E-state index contributed by atoms with van der Waals surface area (Å²) in [5.41, 5.74) is 3.10. The maximum atomic E-state index is 12.5. The van der Waals surface area contributed by atoms with Crippen molar-refractivity contribution in [3.8, 4) is 11.3 Å². The van der Waals surface area contributed by atoms with Crippen LogP contribution in [0.2, 0.25) is 5.02 Å². The third kappa shape index (κ3) is 2.76. The molecule has 0 atom stereocenters. The first-order valence-corrected chi connectivity index (χ1v) is 6.98. The second-order valence-corrected chi connectivity index (χ2v) is 5.27. The van der Waals surface area contributed by atoms with Crippen molar-refractivity contribution in [3.63, 3.8) is 0 Å². The van der Waals surface area contributed by atoms with Gasteiger partial charge in [0, 0.05) is 16.7 Å². The van der Waals surface area contributed by atoms with Crippen LogP contribution in [0.15, 0.2) is 65.3 Å². The molecule has 2 nitrogen and oxygen atoms in total. The number of ketones is 1. The Morgan fingerprint density at radius 3 is 2.38 bits per heavy atom. The van der Waals surface area contributed by atoms with Gasteiger partial charge in [0.2, 0.25) is 0 Å². The summed E-state index contributed by atoms with van der Waals surface area (Å²) in [7, 11) is 0. The van der Waals surface area contributed by atoms with E-state index in [2.05, 4.69) is 0 Å². The van der Waals surface area contributed by atoms with Gasteiger partial charge in [-0.3, -0.25) is 4.79 Å². The zero-order valence-electron chi connectivity index (χ0n) is 11.5. The highest BCUT2D eigenvalue weighted by molar-refractivity contribution is 6.33. The van der Waals surface area contributed by atoms with E-state index in [0.717, 1.165) is 11.1 Å². The third-order valence-electron chi connectivity index (χ3n) is 3.33. The predicted molar refractivity (Wildman–Crippen MR) is 83.8 cm³/mol. The van der Waals surface area contributed by atoms with Crippen LogP contribution in [0.5, 0.6) is 0 Å². The number of benzene rings is 2. The van der Waals surface area contributed by atoms with Crippen molar-refractivity contribution in [3.05, 3.63) is 82.6 Å². The summed E-state index contributed by atoms with van der Waals surface area (Å²) in [6.07, 6.45) is 1.58. The molecule has 0 N–H and O–H groups in total. The molecule has 0 aliphatic carbocycles. The molecule has 0 aliphatic heterocycles. The van der Waals surface area contributed by atoms with Crippen molar-refractivity contribution in [1.82, 2.24) is 0 Å². The van der Waals surface area contributed by atoms with Gasteiger partial charge in [0.25, 0.3) is 0 Å². The van der Waals surface area contributed by atoms with Crippen LogP contribution in [0.4, 0.5) is 0 Å². The average molecular weight is 297 g/mol. The molecule has 0 bridgehead atoms. The minimum atomic E-state index is -0.0283. The van der Waals surface area contributed by atoms with Crippen LogP contribution in [0, 0.1) is 6.92 Å². The summed E-state index contributed by atoms with van der Waals surface area (Å²) in [5, 5.41) is 0.561. The summed E-state index contributed by atoms with van der Waals surface area (Å²) in [4.78, 5) is 12.5. The van der Waals surface area contributed by atoms with E-state index in [4.69, 9.17) is 16.0 Å². The Kier molecular flexibility index (Phi) is 3.63. The number of carbonyl (C=O) groups excluding carboxylic acids is 1. The normalized spacial score (nSPS) is 10.6. The minimum absolute atomic E-state index is 0.0283. The maximum Gasteiger partial charge on any atom is 0.193 e. The Morgan fingerprint density at radius 2 is 1.71 bits per heavy atom. The predicted octanol–water partition coefficient (Wildman–Crippen LogP) is 5.14. The molecule has 2 aromatic carbocycles. The van der Waals surface area contributed by atoms with Gasteiger partial charge in [-0.2, -0.15) is 0 Å². The van der Waals surface area contributed by atoms with Gasteiger partial charge in [0.15, 0.2) is 5.78 Å². The van der Waals surface area contributed by atoms with E-state index >= 15 is 0 Å². The quantitative estimate of drug-likeness (QED) is 0.626. The van der Waals surface area contributed by atoms with Crippen molar-refractivity contribution >= 4 is 17.4 Å². The molecule has 104 valence electrons. The summed E-state index contributed by atoms with van der Waals surface area (Å²) < 4.78 is 5.36. The lowest BCUT2D eigenvalue weighted by molar-refractivity contribution is 0.103. The largest absolute Gasteiger partial charge is 0.464 e. The van der Waals surface area contributed by atoms with Crippen molar-refractivity contribution < 1.29 is 9.21 Å². The first-order chi connectivity index (χ1) is 10.1. The molecule has 0 fully saturated rings. The molecular weight excluding hydrogens is 284 g/mol. The number of carbonyl (C=O) groups is 1. The number of halogens is 1. The Labute approximate surface area is 128 Å². The number of hydrogen-bond donors (Lipinski definition) is 0. The van der Waals surface area contributed by atoms with Gasteiger partial charge in [0.05, 0.1) is 11.3 Å². The molecule has 3 aromatic rings. The molecular formula is C18H13ClO2. The molecule has 0 aliphatic rings. The van der Waals surface area contributed by atoms with Gasteiger partial charge in [-0.05, 0) is 37.3 Å². The fraction of sp³-hybridized carbons (Fsp3) is 0.0556. The summed E-state index contributed by atoms with van der Waals surface area (Å²) in [6.45, 7) is 1.99. The average Bonchev–Trinajstić information content (AvgIpc) is 3.02. The standard InChI is InChI=1S/C18H13ClO2/c1-12-4-6-13(7-5-12)18(20)14-8-9-16(19)15(11-14)17-3-2-10-21-17/h2-11H,1H3. The monoisotopic (exact) mass is 296 g/mol. The molecule has 21 heavy (non-hydrogen) atoms. The Balaban J connectivity index is 2.01. The van der Waals surface area contributed by atoms with Crippen LogP contribution in [-0.4, -0.2) is 5.78 Å². The lowest BCUT2D eigenvalue weighted by Crippen LogP contribution is -2.01. The van der Waals surface area contributed by atoms with Gasteiger partial charge in [0.1, 0.15) is 5.76 Å². The third-order valence-corrected chi connectivity index (χ3v) is 3.66. The first kappa shape index (κ1) is 13.7. The highest BCUT2D eigenvalue weighted by Crippen LogP contribution is 2.29.